The van der Waals surface area contributed by atoms with Crippen molar-refractivity contribution in [3.8, 4) is 0 Å². The first-order valence-corrected chi connectivity index (χ1v) is 15.6. The predicted octanol–water partition coefficient (Wildman–Crippen LogP) is 12.1. The maximum Gasteiger partial charge on any atom is 0.160 e. The Balaban J connectivity index is 1.37. The van der Waals surface area contributed by atoms with E-state index in [-0.39, 0.29) is 0 Å². The summed E-state index contributed by atoms with van der Waals surface area (Å²) >= 11 is 0. The number of fused-ring (bicyclic) bond motifs is 14. The Bertz CT molecular complexity index is 2770. The molecule has 4 nitrogen and oxygen atoms in total. The van der Waals surface area contributed by atoms with Crippen molar-refractivity contribution in [1.29, 1.82) is 0 Å². The SMILES string of the molecule is c1ccc(N(c2ccccc2)c2cc3c4ccc5c6ccccc6oc5c4n4c3c(c2)c2ccc3c5ccccc5oc3c24)cc1. The Morgan fingerprint density at radius 3 is 1.28 bits per heavy atom. The maximum absolute atomic E-state index is 6.70. The van der Waals surface area contributed by atoms with E-state index in [4.69, 9.17) is 8.83 Å². The maximum atomic E-state index is 6.70. The van der Waals surface area contributed by atoms with Crippen molar-refractivity contribution in [3.05, 3.63) is 146 Å². The second-order valence-electron chi connectivity index (χ2n) is 12.1. The molecule has 46 heavy (non-hydrogen) atoms. The van der Waals surface area contributed by atoms with Crippen LogP contribution in [0, 0.1) is 0 Å². The molecular weight excluding hydrogens is 564 g/mol. The van der Waals surface area contributed by atoms with E-state index >= 15 is 0 Å². The minimum Gasteiger partial charge on any atom is -0.454 e. The van der Waals surface area contributed by atoms with E-state index in [2.05, 4.69) is 143 Å². The first-order chi connectivity index (χ1) is 22.8. The van der Waals surface area contributed by atoms with Gasteiger partial charge in [-0.25, -0.2) is 0 Å². The van der Waals surface area contributed by atoms with Crippen LogP contribution in [0.4, 0.5) is 17.1 Å². The lowest BCUT2D eigenvalue weighted by Gasteiger charge is -2.25. The van der Waals surface area contributed by atoms with Gasteiger partial charge in [0, 0.05) is 60.2 Å². The van der Waals surface area contributed by atoms with E-state index in [1.165, 1.54) is 16.3 Å². The summed E-state index contributed by atoms with van der Waals surface area (Å²) in [5, 5.41) is 9.16. The van der Waals surface area contributed by atoms with Crippen LogP contribution in [0.1, 0.15) is 0 Å². The van der Waals surface area contributed by atoms with Crippen molar-refractivity contribution in [1.82, 2.24) is 4.40 Å². The smallest absolute Gasteiger partial charge is 0.160 e. The first-order valence-electron chi connectivity index (χ1n) is 15.6. The van der Waals surface area contributed by atoms with Crippen molar-refractivity contribution in [2.75, 3.05) is 4.90 Å². The van der Waals surface area contributed by atoms with E-state index < -0.39 is 0 Å². The van der Waals surface area contributed by atoms with Gasteiger partial charge in [0.05, 0.1) is 16.6 Å². The predicted molar refractivity (Wildman–Crippen MR) is 190 cm³/mol. The molecule has 0 saturated heterocycles. The molecular formula is C42H24N2O2. The molecule has 11 aromatic rings. The van der Waals surface area contributed by atoms with Gasteiger partial charge in [0.1, 0.15) is 11.2 Å². The van der Waals surface area contributed by atoms with Crippen LogP contribution in [-0.4, -0.2) is 4.40 Å². The Labute approximate surface area is 262 Å². The standard InChI is InChI=1S/C42H24N2O2/c1-3-11-25(12-4-1)43(26-13-5-2-6-14-26)27-23-34-30-19-21-32-28-15-7-9-17-36(28)45-41(32)39(30)44-38(34)35(24-27)31-20-22-33-29-16-8-10-18-37(29)46-42(33)40(31)44/h1-24H. The van der Waals surface area contributed by atoms with Gasteiger partial charge in [0.2, 0.25) is 0 Å². The Hall–Kier alpha value is -6.26. The van der Waals surface area contributed by atoms with Gasteiger partial charge < -0.3 is 18.1 Å². The molecule has 0 aliphatic carbocycles. The van der Waals surface area contributed by atoms with Crippen molar-refractivity contribution >= 4 is 99.0 Å². The van der Waals surface area contributed by atoms with E-state index in [1.54, 1.807) is 0 Å². The highest BCUT2D eigenvalue weighted by Crippen LogP contribution is 2.48. The number of hydrogen-bond donors (Lipinski definition) is 0. The molecule has 0 unspecified atom stereocenters. The van der Waals surface area contributed by atoms with Crippen LogP contribution in [-0.2, 0) is 0 Å². The number of para-hydroxylation sites is 4. The fourth-order valence-electron chi connectivity index (χ4n) is 7.76. The van der Waals surface area contributed by atoms with Crippen LogP contribution in [0.15, 0.2) is 154 Å². The molecule has 4 heterocycles. The molecule has 4 aromatic heterocycles. The first kappa shape index (κ1) is 24.1. The van der Waals surface area contributed by atoms with Gasteiger partial charge in [0.25, 0.3) is 0 Å². The van der Waals surface area contributed by atoms with E-state index in [1.807, 2.05) is 12.1 Å². The van der Waals surface area contributed by atoms with Crippen molar-refractivity contribution in [2.24, 2.45) is 0 Å². The molecule has 0 spiro atoms. The summed E-state index contributed by atoms with van der Waals surface area (Å²) in [6.45, 7) is 0. The zero-order chi connectivity index (χ0) is 29.9. The Kier molecular flexibility index (Phi) is 4.55. The molecule has 0 aliphatic heterocycles. The normalized spacial score (nSPS) is 12.3. The average Bonchev–Trinajstić information content (AvgIpc) is 3.85. The van der Waals surface area contributed by atoms with E-state index in [0.29, 0.717) is 0 Å². The summed E-state index contributed by atoms with van der Waals surface area (Å²) in [6, 6.07) is 51.5. The number of benzene rings is 7. The van der Waals surface area contributed by atoms with Crippen molar-refractivity contribution in [3.63, 3.8) is 0 Å². The summed E-state index contributed by atoms with van der Waals surface area (Å²) in [5.41, 5.74) is 10.2. The summed E-state index contributed by atoms with van der Waals surface area (Å²) in [6.07, 6.45) is 0. The molecule has 214 valence electrons. The van der Waals surface area contributed by atoms with Crippen LogP contribution in [0.5, 0.6) is 0 Å². The molecule has 0 saturated carbocycles. The third-order valence-corrected chi connectivity index (χ3v) is 9.67. The molecule has 0 atom stereocenters. The lowest BCUT2D eigenvalue weighted by atomic mass is 10.0. The fraction of sp³-hybridized carbons (Fsp3) is 0. The molecule has 0 amide bonds. The van der Waals surface area contributed by atoms with Gasteiger partial charge in [-0.2, -0.15) is 0 Å². The molecule has 0 N–H and O–H groups in total. The molecule has 0 aliphatic rings. The number of rotatable bonds is 3. The van der Waals surface area contributed by atoms with Gasteiger partial charge in [-0.3, -0.25) is 0 Å². The summed E-state index contributed by atoms with van der Waals surface area (Å²) in [4.78, 5) is 2.34. The number of hydrogen-bond acceptors (Lipinski definition) is 3. The highest BCUT2D eigenvalue weighted by molar-refractivity contribution is 6.32. The van der Waals surface area contributed by atoms with E-state index in [0.717, 1.165) is 82.7 Å². The third-order valence-electron chi connectivity index (χ3n) is 9.67. The molecule has 11 rings (SSSR count). The van der Waals surface area contributed by atoms with Gasteiger partial charge >= 0.3 is 0 Å². The second kappa shape index (κ2) is 8.68. The quantitative estimate of drug-likeness (QED) is 0.206. The van der Waals surface area contributed by atoms with Crippen molar-refractivity contribution in [2.45, 2.75) is 0 Å². The molecule has 7 aromatic carbocycles. The summed E-state index contributed by atoms with van der Waals surface area (Å²) in [7, 11) is 0. The molecule has 0 bridgehead atoms. The van der Waals surface area contributed by atoms with Crippen LogP contribution < -0.4 is 4.90 Å². The Morgan fingerprint density at radius 1 is 0.348 bits per heavy atom. The zero-order valence-electron chi connectivity index (χ0n) is 24.6. The largest absolute Gasteiger partial charge is 0.454 e. The fourth-order valence-corrected chi connectivity index (χ4v) is 7.76. The van der Waals surface area contributed by atoms with Crippen molar-refractivity contribution < 1.29 is 8.83 Å². The minimum atomic E-state index is 0.892. The highest BCUT2D eigenvalue weighted by atomic mass is 16.3. The molecule has 4 heteroatoms. The van der Waals surface area contributed by atoms with Crippen LogP contribution in [0.3, 0.4) is 0 Å². The second-order valence-corrected chi connectivity index (χ2v) is 12.1. The monoisotopic (exact) mass is 588 g/mol. The third kappa shape index (κ3) is 3.03. The van der Waals surface area contributed by atoms with Gasteiger partial charge in [-0.1, -0.05) is 84.9 Å². The van der Waals surface area contributed by atoms with Crippen LogP contribution in [0.25, 0.3) is 82.0 Å². The van der Waals surface area contributed by atoms with Crippen LogP contribution in [0.2, 0.25) is 0 Å². The number of anilines is 3. The average molecular weight is 589 g/mol. The van der Waals surface area contributed by atoms with E-state index in [9.17, 15) is 0 Å². The topological polar surface area (TPSA) is 33.9 Å². The van der Waals surface area contributed by atoms with Gasteiger partial charge in [0.15, 0.2) is 11.2 Å². The number of furan rings is 2. The minimum absolute atomic E-state index is 0.892. The van der Waals surface area contributed by atoms with Crippen LogP contribution >= 0.6 is 0 Å². The zero-order valence-corrected chi connectivity index (χ0v) is 24.6. The highest BCUT2D eigenvalue weighted by Gasteiger charge is 2.26. The lowest BCUT2D eigenvalue weighted by Crippen LogP contribution is -2.09. The van der Waals surface area contributed by atoms with Gasteiger partial charge in [-0.15, -0.1) is 0 Å². The number of aromatic nitrogens is 1. The van der Waals surface area contributed by atoms with Gasteiger partial charge in [-0.05, 0) is 60.7 Å². The number of nitrogens with zero attached hydrogens (tertiary/aromatic N) is 2. The summed E-state index contributed by atoms with van der Waals surface area (Å²) in [5.74, 6) is 0. The molecule has 0 radical (unpaired) electrons. The Morgan fingerprint density at radius 2 is 0.783 bits per heavy atom. The molecule has 0 fully saturated rings. The lowest BCUT2D eigenvalue weighted by molar-refractivity contribution is 0.670. The summed E-state index contributed by atoms with van der Waals surface area (Å²) < 4.78 is 15.8.